The van der Waals surface area contributed by atoms with Crippen LogP contribution in [0.1, 0.15) is 11.1 Å². The first-order valence-corrected chi connectivity index (χ1v) is 9.29. The molecule has 0 saturated heterocycles. The van der Waals surface area contributed by atoms with Crippen molar-refractivity contribution >= 4 is 40.9 Å². The third-order valence-corrected chi connectivity index (χ3v) is 4.41. The van der Waals surface area contributed by atoms with Gasteiger partial charge in [-0.3, -0.25) is 9.59 Å². The van der Waals surface area contributed by atoms with Crippen molar-refractivity contribution in [2.45, 2.75) is 6.18 Å². The number of rotatable bonds is 5. The second kappa shape index (κ2) is 9.44. The molecule has 5 nitrogen and oxygen atoms in total. The zero-order valence-corrected chi connectivity index (χ0v) is 16.5. The van der Waals surface area contributed by atoms with Gasteiger partial charge in [-0.15, -0.1) is 0 Å². The molecule has 0 spiro atoms. The molecule has 1 heterocycles. The number of nitrogens with one attached hydrogen (secondary N) is 2. The number of amides is 2. The lowest BCUT2D eigenvalue weighted by molar-refractivity contribution is -0.137. The molecule has 158 valence electrons. The van der Waals surface area contributed by atoms with E-state index >= 15 is 0 Å². The van der Waals surface area contributed by atoms with Crippen LogP contribution in [0.3, 0.4) is 0 Å². The van der Waals surface area contributed by atoms with Crippen molar-refractivity contribution in [1.82, 2.24) is 4.98 Å². The van der Waals surface area contributed by atoms with E-state index in [1.54, 1.807) is 36.4 Å². The first-order chi connectivity index (χ1) is 14.8. The highest BCUT2D eigenvalue weighted by Gasteiger charge is 2.34. The van der Waals surface area contributed by atoms with Crippen LogP contribution in [0.25, 0.3) is 6.08 Å². The number of hydrogen-bond acceptors (Lipinski definition) is 3. The van der Waals surface area contributed by atoms with Crippen molar-refractivity contribution < 1.29 is 22.8 Å². The van der Waals surface area contributed by atoms with E-state index in [1.165, 1.54) is 30.5 Å². The molecule has 0 atom stereocenters. The molecule has 0 aliphatic rings. The SMILES string of the molecule is O=C(Nc1ccccc1)/C(=C/c1cccnc1Cl)C(=O)Nc1ccccc1C(F)(F)F. The number of pyridine rings is 1. The number of carbonyl (C=O) groups excluding carboxylic acids is 2. The average molecular weight is 446 g/mol. The zero-order valence-electron chi connectivity index (χ0n) is 15.8. The molecular formula is C22H15ClF3N3O2. The number of alkyl halides is 3. The summed E-state index contributed by atoms with van der Waals surface area (Å²) < 4.78 is 39.8. The molecule has 9 heteroatoms. The summed E-state index contributed by atoms with van der Waals surface area (Å²) in [6.07, 6.45) is -2.10. The maximum absolute atomic E-state index is 13.3. The Hall–Kier alpha value is -3.65. The molecule has 1 aromatic heterocycles. The monoisotopic (exact) mass is 445 g/mol. The Labute approximate surface area is 180 Å². The number of aromatic nitrogens is 1. The van der Waals surface area contributed by atoms with Gasteiger partial charge in [0, 0.05) is 17.4 Å². The van der Waals surface area contributed by atoms with Gasteiger partial charge in [-0.2, -0.15) is 13.2 Å². The van der Waals surface area contributed by atoms with Gasteiger partial charge in [-0.05, 0) is 36.4 Å². The summed E-state index contributed by atoms with van der Waals surface area (Å²) >= 11 is 6.02. The summed E-state index contributed by atoms with van der Waals surface area (Å²) in [6, 6.07) is 15.8. The number of hydrogen-bond donors (Lipinski definition) is 2. The van der Waals surface area contributed by atoms with Crippen LogP contribution in [0.5, 0.6) is 0 Å². The molecular weight excluding hydrogens is 431 g/mol. The summed E-state index contributed by atoms with van der Waals surface area (Å²) in [5, 5.41) is 4.74. The quantitative estimate of drug-likeness (QED) is 0.238. The molecule has 0 fully saturated rings. The number of benzene rings is 2. The van der Waals surface area contributed by atoms with Gasteiger partial charge < -0.3 is 10.6 Å². The Kier molecular flexibility index (Phi) is 6.71. The van der Waals surface area contributed by atoms with Crippen molar-refractivity contribution in [1.29, 1.82) is 0 Å². The molecule has 2 N–H and O–H groups in total. The van der Waals surface area contributed by atoms with Gasteiger partial charge in [-0.25, -0.2) is 4.98 Å². The van der Waals surface area contributed by atoms with Gasteiger partial charge >= 0.3 is 6.18 Å². The van der Waals surface area contributed by atoms with E-state index in [0.29, 0.717) is 5.69 Å². The molecule has 31 heavy (non-hydrogen) atoms. The Morgan fingerprint density at radius 1 is 0.871 bits per heavy atom. The fraction of sp³-hybridized carbons (Fsp3) is 0.0455. The highest BCUT2D eigenvalue weighted by Crippen LogP contribution is 2.34. The lowest BCUT2D eigenvalue weighted by atomic mass is 10.1. The van der Waals surface area contributed by atoms with Crippen LogP contribution in [0.2, 0.25) is 5.15 Å². The van der Waals surface area contributed by atoms with Crippen LogP contribution >= 0.6 is 11.6 Å². The van der Waals surface area contributed by atoms with Gasteiger partial charge in [0.15, 0.2) is 0 Å². The molecule has 3 aromatic rings. The maximum Gasteiger partial charge on any atom is 0.418 e. The Balaban J connectivity index is 1.98. The van der Waals surface area contributed by atoms with Gasteiger partial charge in [0.25, 0.3) is 11.8 Å². The summed E-state index contributed by atoms with van der Waals surface area (Å²) in [5.74, 6) is -1.86. The van der Waals surface area contributed by atoms with Gasteiger partial charge in [-0.1, -0.05) is 48.0 Å². The first-order valence-electron chi connectivity index (χ1n) is 8.92. The minimum absolute atomic E-state index is 0.0241. The van der Waals surface area contributed by atoms with E-state index in [9.17, 15) is 22.8 Å². The van der Waals surface area contributed by atoms with Crippen LogP contribution in [0.4, 0.5) is 24.5 Å². The smallest absolute Gasteiger partial charge is 0.322 e. The summed E-state index contributed by atoms with van der Waals surface area (Å²) in [7, 11) is 0. The molecule has 3 rings (SSSR count). The van der Waals surface area contributed by atoms with Gasteiger partial charge in [0.2, 0.25) is 0 Å². The largest absolute Gasteiger partial charge is 0.418 e. The fourth-order valence-electron chi connectivity index (χ4n) is 2.64. The lowest BCUT2D eigenvalue weighted by Gasteiger charge is -2.15. The van der Waals surface area contributed by atoms with Gasteiger partial charge in [0.1, 0.15) is 10.7 Å². The van der Waals surface area contributed by atoms with Crippen molar-refractivity contribution in [3.63, 3.8) is 0 Å². The van der Waals surface area contributed by atoms with E-state index in [2.05, 4.69) is 15.6 Å². The van der Waals surface area contributed by atoms with Crippen LogP contribution in [-0.4, -0.2) is 16.8 Å². The Morgan fingerprint density at radius 2 is 1.52 bits per heavy atom. The third kappa shape index (κ3) is 5.70. The second-order valence-electron chi connectivity index (χ2n) is 6.26. The topological polar surface area (TPSA) is 71.1 Å². The number of carbonyl (C=O) groups is 2. The normalized spacial score (nSPS) is 11.7. The molecule has 2 aromatic carbocycles. The van der Waals surface area contributed by atoms with Crippen LogP contribution < -0.4 is 10.6 Å². The molecule has 0 saturated carbocycles. The highest BCUT2D eigenvalue weighted by molar-refractivity contribution is 6.32. The van der Waals surface area contributed by atoms with E-state index in [0.717, 1.165) is 12.1 Å². The predicted molar refractivity (Wildman–Crippen MR) is 112 cm³/mol. The average Bonchev–Trinajstić information content (AvgIpc) is 2.73. The van der Waals surface area contributed by atoms with Crippen LogP contribution in [0.15, 0.2) is 78.5 Å². The Morgan fingerprint density at radius 3 is 2.19 bits per heavy atom. The minimum atomic E-state index is -4.69. The van der Waals surface area contributed by atoms with Crippen molar-refractivity contribution in [2.75, 3.05) is 10.6 Å². The van der Waals surface area contributed by atoms with E-state index in [1.807, 2.05) is 0 Å². The highest BCUT2D eigenvalue weighted by atomic mass is 35.5. The Bertz CT molecular complexity index is 1130. The van der Waals surface area contributed by atoms with Crippen LogP contribution in [-0.2, 0) is 15.8 Å². The van der Waals surface area contributed by atoms with Gasteiger partial charge in [0.05, 0.1) is 11.3 Å². The summed E-state index contributed by atoms with van der Waals surface area (Å²) in [4.78, 5) is 29.6. The lowest BCUT2D eigenvalue weighted by Crippen LogP contribution is -2.26. The molecule has 0 radical (unpaired) electrons. The van der Waals surface area contributed by atoms with Crippen molar-refractivity contribution in [2.24, 2.45) is 0 Å². The standard InChI is InChI=1S/C22H15ClF3N3O2/c23-19-14(7-6-12-27-19)13-16(20(30)28-15-8-2-1-3-9-15)21(31)29-18-11-5-4-10-17(18)22(24,25)26/h1-13H,(H,28,30)(H,29,31)/b16-13-. The predicted octanol–water partition coefficient (Wildman–Crippen LogP) is 5.41. The third-order valence-electron chi connectivity index (χ3n) is 4.09. The van der Waals surface area contributed by atoms with Crippen molar-refractivity contribution in [3.8, 4) is 0 Å². The minimum Gasteiger partial charge on any atom is -0.322 e. The van der Waals surface area contributed by atoms with E-state index in [4.69, 9.17) is 11.6 Å². The number of para-hydroxylation sites is 2. The van der Waals surface area contributed by atoms with Crippen LogP contribution in [0, 0.1) is 0 Å². The summed E-state index contributed by atoms with van der Waals surface area (Å²) in [6.45, 7) is 0. The zero-order chi connectivity index (χ0) is 22.4. The fourth-order valence-corrected chi connectivity index (χ4v) is 2.82. The number of halogens is 4. The molecule has 2 amide bonds. The van der Waals surface area contributed by atoms with E-state index < -0.39 is 34.8 Å². The number of nitrogens with zero attached hydrogens (tertiary/aromatic N) is 1. The second-order valence-corrected chi connectivity index (χ2v) is 6.62. The molecule has 0 unspecified atom stereocenters. The number of anilines is 2. The maximum atomic E-state index is 13.3. The molecule has 0 bridgehead atoms. The molecule has 0 aliphatic carbocycles. The van der Waals surface area contributed by atoms with E-state index in [-0.39, 0.29) is 10.7 Å². The summed E-state index contributed by atoms with van der Waals surface area (Å²) in [5.41, 5.74) is -1.31. The molecule has 0 aliphatic heterocycles. The first kappa shape index (κ1) is 22.0. The van der Waals surface area contributed by atoms with Crippen molar-refractivity contribution in [3.05, 3.63) is 94.8 Å².